The van der Waals surface area contributed by atoms with Crippen molar-refractivity contribution in [2.45, 2.75) is 24.7 Å². The fourth-order valence-electron chi connectivity index (χ4n) is 3.54. The summed E-state index contributed by atoms with van der Waals surface area (Å²) in [5.41, 5.74) is 0. The molecule has 7 heteroatoms. The number of carbonyl (C=O) groups excluding carboxylic acids is 2. The van der Waals surface area contributed by atoms with Crippen molar-refractivity contribution in [1.29, 1.82) is 0 Å². The third kappa shape index (κ3) is 4.79. The number of anilines is 1. The van der Waals surface area contributed by atoms with E-state index in [4.69, 9.17) is 4.52 Å². The molecule has 1 aliphatic rings. The van der Waals surface area contributed by atoms with Crippen molar-refractivity contribution in [3.8, 4) is 0 Å². The van der Waals surface area contributed by atoms with Crippen molar-refractivity contribution in [1.82, 2.24) is 10.1 Å². The topological polar surface area (TPSA) is 75.4 Å². The second-order valence-electron chi connectivity index (χ2n) is 7.26. The summed E-state index contributed by atoms with van der Waals surface area (Å²) in [6.45, 7) is 2.99. The minimum Gasteiger partial charge on any atom is -0.360 e. The number of nitrogens with zero attached hydrogens (tertiary/aromatic N) is 2. The van der Waals surface area contributed by atoms with Crippen LogP contribution in [0.4, 0.5) is 5.82 Å². The third-order valence-corrected chi connectivity index (χ3v) is 6.16. The normalized spacial score (nSPS) is 14.9. The first-order valence-corrected chi connectivity index (χ1v) is 10.7. The van der Waals surface area contributed by atoms with Gasteiger partial charge in [0.2, 0.25) is 11.8 Å². The molecule has 1 aromatic heterocycles. The van der Waals surface area contributed by atoms with Crippen molar-refractivity contribution >= 4 is 40.2 Å². The molecule has 2 aromatic carbocycles. The lowest BCUT2D eigenvalue weighted by Crippen LogP contribution is -2.42. The number of aryl methyl sites for hydroxylation is 1. The zero-order valence-corrected chi connectivity index (χ0v) is 17.1. The molecule has 0 spiro atoms. The lowest BCUT2D eigenvalue weighted by Gasteiger charge is -2.31. The molecule has 4 rings (SSSR count). The Morgan fingerprint density at radius 3 is 2.62 bits per heavy atom. The Morgan fingerprint density at radius 2 is 1.90 bits per heavy atom. The maximum absolute atomic E-state index is 12.6. The first kappa shape index (κ1) is 19.5. The molecule has 3 aromatic rings. The quantitative estimate of drug-likeness (QED) is 0.642. The summed E-state index contributed by atoms with van der Waals surface area (Å²) in [4.78, 5) is 27.9. The van der Waals surface area contributed by atoms with Crippen LogP contribution in [0.2, 0.25) is 0 Å². The van der Waals surface area contributed by atoms with Crippen LogP contribution in [0.25, 0.3) is 10.8 Å². The van der Waals surface area contributed by atoms with Gasteiger partial charge in [-0.3, -0.25) is 9.59 Å². The summed E-state index contributed by atoms with van der Waals surface area (Å²) >= 11 is 1.56. The van der Waals surface area contributed by atoms with Gasteiger partial charge in [-0.05, 0) is 42.7 Å². The van der Waals surface area contributed by atoms with Crippen LogP contribution in [-0.4, -0.2) is 40.7 Å². The summed E-state index contributed by atoms with van der Waals surface area (Å²) in [6.07, 6.45) is 1.32. The van der Waals surface area contributed by atoms with E-state index in [0.29, 0.717) is 43.3 Å². The number of hydrogen-bond acceptors (Lipinski definition) is 5. The maximum atomic E-state index is 12.6. The molecule has 0 radical (unpaired) electrons. The molecule has 1 saturated heterocycles. The largest absolute Gasteiger partial charge is 0.360 e. The van der Waals surface area contributed by atoms with Crippen molar-refractivity contribution < 1.29 is 14.1 Å². The average Bonchev–Trinajstić information content (AvgIpc) is 3.16. The molecule has 150 valence electrons. The number of carbonyl (C=O) groups is 2. The number of hydrogen-bond donors (Lipinski definition) is 1. The van der Waals surface area contributed by atoms with Crippen LogP contribution in [0.5, 0.6) is 0 Å². The molecule has 29 heavy (non-hydrogen) atoms. The fraction of sp³-hybridized carbons (Fsp3) is 0.318. The minimum atomic E-state index is -0.107. The lowest BCUT2D eigenvalue weighted by atomic mass is 9.96. The van der Waals surface area contributed by atoms with Gasteiger partial charge in [-0.25, -0.2) is 0 Å². The molecule has 1 aliphatic heterocycles. The highest BCUT2D eigenvalue weighted by atomic mass is 32.2. The van der Waals surface area contributed by atoms with E-state index in [9.17, 15) is 9.59 Å². The fourth-order valence-corrected chi connectivity index (χ4v) is 4.39. The van der Waals surface area contributed by atoms with E-state index >= 15 is 0 Å². The molecule has 0 bridgehead atoms. The third-order valence-electron chi connectivity index (χ3n) is 5.18. The van der Waals surface area contributed by atoms with E-state index in [2.05, 4.69) is 40.8 Å². The molecule has 0 saturated carbocycles. The SMILES string of the molecule is Cc1cc(NC(=O)C2CCN(C(=O)CSc3ccc4ccccc4c3)CC2)no1. The van der Waals surface area contributed by atoms with Crippen LogP contribution >= 0.6 is 11.8 Å². The molecule has 1 N–H and O–H groups in total. The number of nitrogens with one attached hydrogen (secondary N) is 1. The standard InChI is InChI=1S/C22H23N3O3S/c1-15-12-20(24-28-15)23-22(27)17-8-10-25(11-9-17)21(26)14-29-19-7-6-16-4-2-3-5-18(16)13-19/h2-7,12-13,17H,8-11,14H2,1H3,(H,23,24,27). The molecular formula is C22H23N3O3S. The van der Waals surface area contributed by atoms with Crippen LogP contribution in [0, 0.1) is 12.8 Å². The van der Waals surface area contributed by atoms with Crippen molar-refractivity contribution in [2.75, 3.05) is 24.2 Å². The second-order valence-corrected chi connectivity index (χ2v) is 8.31. The predicted octanol–water partition coefficient (Wildman–Crippen LogP) is 4.11. The number of likely N-dealkylation sites (tertiary alicyclic amines) is 1. The number of thioether (sulfide) groups is 1. The number of piperidine rings is 1. The van der Waals surface area contributed by atoms with E-state index in [1.54, 1.807) is 24.8 Å². The smallest absolute Gasteiger partial charge is 0.232 e. The first-order chi connectivity index (χ1) is 14.1. The Balaban J connectivity index is 1.25. The molecule has 0 atom stereocenters. The Hall–Kier alpha value is -2.80. The predicted molar refractivity (Wildman–Crippen MR) is 114 cm³/mol. The van der Waals surface area contributed by atoms with E-state index in [1.165, 1.54) is 10.8 Å². The number of aromatic nitrogens is 1. The lowest BCUT2D eigenvalue weighted by molar-refractivity contribution is -0.132. The van der Waals surface area contributed by atoms with Gasteiger partial charge in [0.1, 0.15) is 5.76 Å². The van der Waals surface area contributed by atoms with Gasteiger partial charge in [-0.1, -0.05) is 35.5 Å². The van der Waals surface area contributed by atoms with E-state index in [1.807, 2.05) is 17.0 Å². The zero-order chi connectivity index (χ0) is 20.2. The van der Waals surface area contributed by atoms with Gasteiger partial charge < -0.3 is 14.7 Å². The first-order valence-electron chi connectivity index (χ1n) is 9.72. The van der Waals surface area contributed by atoms with Gasteiger partial charge >= 0.3 is 0 Å². The number of rotatable bonds is 5. The van der Waals surface area contributed by atoms with Crippen LogP contribution in [0.15, 0.2) is 57.9 Å². The Kier molecular flexibility index (Phi) is 5.85. The minimum absolute atomic E-state index is 0.0593. The van der Waals surface area contributed by atoms with Gasteiger partial charge in [0.05, 0.1) is 5.75 Å². The van der Waals surface area contributed by atoms with Crippen LogP contribution < -0.4 is 5.32 Å². The zero-order valence-electron chi connectivity index (χ0n) is 16.3. The van der Waals surface area contributed by atoms with E-state index < -0.39 is 0 Å². The van der Waals surface area contributed by atoms with Crippen molar-refractivity contribution in [3.63, 3.8) is 0 Å². The maximum Gasteiger partial charge on any atom is 0.232 e. The molecule has 0 aliphatic carbocycles. The van der Waals surface area contributed by atoms with Gasteiger partial charge in [-0.15, -0.1) is 11.8 Å². The Morgan fingerprint density at radius 1 is 1.14 bits per heavy atom. The van der Waals surface area contributed by atoms with Crippen molar-refractivity contribution in [3.05, 3.63) is 54.3 Å². The monoisotopic (exact) mass is 409 g/mol. The summed E-state index contributed by atoms with van der Waals surface area (Å²) in [7, 11) is 0. The summed E-state index contributed by atoms with van der Waals surface area (Å²) in [5.74, 6) is 1.46. The Bertz CT molecular complexity index is 1020. The molecular weight excluding hydrogens is 386 g/mol. The average molecular weight is 410 g/mol. The van der Waals surface area contributed by atoms with E-state index in [-0.39, 0.29) is 17.7 Å². The molecule has 1 fully saturated rings. The summed E-state index contributed by atoms with van der Waals surface area (Å²) in [6, 6.07) is 16.2. The molecule has 0 unspecified atom stereocenters. The number of benzene rings is 2. The molecule has 2 heterocycles. The van der Waals surface area contributed by atoms with Gasteiger partial charge in [0.15, 0.2) is 5.82 Å². The highest BCUT2D eigenvalue weighted by Gasteiger charge is 2.27. The Labute approximate surface area is 173 Å². The van der Waals surface area contributed by atoms with Crippen LogP contribution in [-0.2, 0) is 9.59 Å². The summed E-state index contributed by atoms with van der Waals surface area (Å²) < 4.78 is 4.97. The summed E-state index contributed by atoms with van der Waals surface area (Å²) in [5, 5.41) is 8.96. The van der Waals surface area contributed by atoms with E-state index in [0.717, 1.165) is 4.90 Å². The van der Waals surface area contributed by atoms with Crippen LogP contribution in [0.3, 0.4) is 0 Å². The molecule has 2 amide bonds. The van der Waals surface area contributed by atoms with Gasteiger partial charge in [0, 0.05) is 30.0 Å². The highest BCUT2D eigenvalue weighted by molar-refractivity contribution is 8.00. The number of amides is 2. The van der Waals surface area contributed by atoms with Crippen LogP contribution in [0.1, 0.15) is 18.6 Å². The highest BCUT2D eigenvalue weighted by Crippen LogP contribution is 2.25. The van der Waals surface area contributed by atoms with Gasteiger partial charge in [-0.2, -0.15) is 0 Å². The number of fused-ring (bicyclic) bond motifs is 1. The second kappa shape index (κ2) is 8.69. The van der Waals surface area contributed by atoms with Crippen molar-refractivity contribution in [2.24, 2.45) is 5.92 Å². The van der Waals surface area contributed by atoms with Gasteiger partial charge in [0.25, 0.3) is 0 Å². The molecule has 6 nitrogen and oxygen atoms in total.